The van der Waals surface area contributed by atoms with E-state index in [1.807, 2.05) is 38.1 Å². The molecule has 0 aliphatic carbocycles. The van der Waals surface area contributed by atoms with E-state index in [0.29, 0.717) is 18.0 Å². The van der Waals surface area contributed by atoms with E-state index in [4.69, 9.17) is 10.6 Å². The highest BCUT2D eigenvalue weighted by Gasteiger charge is 2.22. The number of hydrogen-bond donors (Lipinski definition) is 3. The second-order valence-electron chi connectivity index (χ2n) is 5.48. The first-order chi connectivity index (χ1) is 9.98. The average molecular weight is 288 g/mol. The van der Waals surface area contributed by atoms with Crippen LogP contribution in [0.2, 0.25) is 0 Å². The highest BCUT2D eigenvalue weighted by Crippen LogP contribution is 2.24. The van der Waals surface area contributed by atoms with Crippen molar-refractivity contribution in [1.29, 1.82) is 0 Å². The summed E-state index contributed by atoms with van der Waals surface area (Å²) in [6.45, 7) is 4.23. The van der Waals surface area contributed by atoms with Crippen LogP contribution in [0.5, 0.6) is 0 Å². The van der Waals surface area contributed by atoms with Crippen molar-refractivity contribution in [3.63, 3.8) is 0 Å². The lowest BCUT2D eigenvalue weighted by atomic mass is 10.0. The van der Waals surface area contributed by atoms with Crippen LogP contribution in [-0.2, 0) is 4.74 Å². The van der Waals surface area contributed by atoms with Crippen molar-refractivity contribution in [3.8, 4) is 0 Å². The summed E-state index contributed by atoms with van der Waals surface area (Å²) < 4.78 is 5.11. The van der Waals surface area contributed by atoms with Gasteiger partial charge in [0.15, 0.2) is 0 Å². The van der Waals surface area contributed by atoms with Crippen LogP contribution in [0.3, 0.4) is 0 Å². The van der Waals surface area contributed by atoms with Crippen LogP contribution in [-0.4, -0.2) is 30.1 Å². The summed E-state index contributed by atoms with van der Waals surface area (Å²) in [5.74, 6) is 5.80. The molecule has 21 heavy (non-hydrogen) atoms. The summed E-state index contributed by atoms with van der Waals surface area (Å²) in [7, 11) is 1.60. The number of methoxy groups -OCH3 is 1. The van der Waals surface area contributed by atoms with E-state index in [0.717, 1.165) is 10.8 Å². The SMILES string of the molecule is COCC(C)(C)NC(=O)c1cnc(NN)c2ccccc12. The molecule has 0 spiro atoms. The summed E-state index contributed by atoms with van der Waals surface area (Å²) in [5, 5.41) is 4.55. The molecule has 0 unspecified atom stereocenters. The second-order valence-corrected chi connectivity index (χ2v) is 5.48. The topological polar surface area (TPSA) is 89.3 Å². The molecule has 4 N–H and O–H groups in total. The van der Waals surface area contributed by atoms with Crippen LogP contribution in [0.4, 0.5) is 5.82 Å². The number of aromatic nitrogens is 1. The molecule has 0 atom stereocenters. The molecule has 1 heterocycles. The Morgan fingerprint density at radius 3 is 2.62 bits per heavy atom. The number of hydrazine groups is 1. The molecule has 112 valence electrons. The molecular weight excluding hydrogens is 268 g/mol. The molecule has 2 aromatic rings. The second kappa shape index (κ2) is 6.07. The van der Waals surface area contributed by atoms with Crippen molar-refractivity contribution in [1.82, 2.24) is 10.3 Å². The Morgan fingerprint density at radius 2 is 2.00 bits per heavy atom. The van der Waals surface area contributed by atoms with Gasteiger partial charge >= 0.3 is 0 Å². The lowest BCUT2D eigenvalue weighted by Crippen LogP contribution is -2.46. The zero-order valence-electron chi connectivity index (χ0n) is 12.4. The first-order valence-corrected chi connectivity index (χ1v) is 6.64. The maximum Gasteiger partial charge on any atom is 0.253 e. The number of nitrogens with zero attached hydrogens (tertiary/aromatic N) is 1. The zero-order chi connectivity index (χ0) is 15.5. The van der Waals surface area contributed by atoms with Gasteiger partial charge in [0.2, 0.25) is 0 Å². The van der Waals surface area contributed by atoms with Gasteiger partial charge in [0, 0.05) is 18.7 Å². The Hall–Kier alpha value is -2.18. The summed E-state index contributed by atoms with van der Waals surface area (Å²) in [6, 6.07) is 7.49. The number of nitrogens with one attached hydrogen (secondary N) is 2. The van der Waals surface area contributed by atoms with E-state index >= 15 is 0 Å². The van der Waals surface area contributed by atoms with Gasteiger partial charge in [-0.25, -0.2) is 10.8 Å². The van der Waals surface area contributed by atoms with E-state index in [1.54, 1.807) is 7.11 Å². The largest absolute Gasteiger partial charge is 0.382 e. The Kier molecular flexibility index (Phi) is 4.40. The van der Waals surface area contributed by atoms with Crippen molar-refractivity contribution < 1.29 is 9.53 Å². The van der Waals surface area contributed by atoms with Gasteiger partial charge in [-0.2, -0.15) is 0 Å². The number of nitrogens with two attached hydrogens (primary N) is 1. The van der Waals surface area contributed by atoms with Gasteiger partial charge < -0.3 is 15.5 Å². The normalized spacial score (nSPS) is 11.4. The third-order valence-corrected chi connectivity index (χ3v) is 3.13. The molecule has 0 bridgehead atoms. The van der Waals surface area contributed by atoms with Crippen molar-refractivity contribution in [2.45, 2.75) is 19.4 Å². The molecule has 6 heteroatoms. The molecule has 2 rings (SSSR count). The molecule has 1 aromatic heterocycles. The maximum absolute atomic E-state index is 12.5. The number of nitrogen functional groups attached to an aromatic ring is 1. The van der Waals surface area contributed by atoms with Gasteiger partial charge in [-0.15, -0.1) is 0 Å². The fraction of sp³-hybridized carbons (Fsp3) is 0.333. The monoisotopic (exact) mass is 288 g/mol. The predicted octanol–water partition coefficient (Wildman–Crippen LogP) is 1.68. The van der Waals surface area contributed by atoms with Crippen molar-refractivity contribution >= 4 is 22.5 Å². The van der Waals surface area contributed by atoms with Crippen molar-refractivity contribution in [2.24, 2.45) is 5.84 Å². The lowest BCUT2D eigenvalue weighted by molar-refractivity contribution is 0.0821. The van der Waals surface area contributed by atoms with E-state index in [2.05, 4.69) is 15.7 Å². The van der Waals surface area contributed by atoms with Crippen LogP contribution in [0, 0.1) is 0 Å². The zero-order valence-corrected chi connectivity index (χ0v) is 12.4. The summed E-state index contributed by atoms with van der Waals surface area (Å²) in [5.41, 5.74) is 2.59. The molecule has 0 aliphatic heterocycles. The number of rotatable bonds is 5. The molecule has 1 amide bonds. The fourth-order valence-electron chi connectivity index (χ4n) is 2.26. The molecular formula is C15H20N4O2. The van der Waals surface area contributed by atoms with E-state index < -0.39 is 5.54 Å². The Balaban J connectivity index is 2.41. The quantitative estimate of drug-likeness (QED) is 0.575. The molecule has 0 fully saturated rings. The van der Waals surface area contributed by atoms with Gasteiger partial charge in [-0.05, 0) is 19.2 Å². The lowest BCUT2D eigenvalue weighted by Gasteiger charge is -2.25. The van der Waals surface area contributed by atoms with Crippen molar-refractivity contribution in [3.05, 3.63) is 36.0 Å². The highest BCUT2D eigenvalue weighted by molar-refractivity contribution is 6.09. The smallest absolute Gasteiger partial charge is 0.253 e. The van der Waals surface area contributed by atoms with Gasteiger partial charge in [0.1, 0.15) is 5.82 Å². The number of pyridine rings is 1. The van der Waals surface area contributed by atoms with Crippen LogP contribution in [0.1, 0.15) is 24.2 Å². The minimum absolute atomic E-state index is 0.190. The Morgan fingerprint density at radius 1 is 1.33 bits per heavy atom. The highest BCUT2D eigenvalue weighted by atomic mass is 16.5. The van der Waals surface area contributed by atoms with Gasteiger partial charge in [-0.1, -0.05) is 24.3 Å². The van der Waals surface area contributed by atoms with E-state index in [9.17, 15) is 4.79 Å². The minimum atomic E-state index is -0.461. The number of carbonyl (C=O) groups excluding carboxylic acids is 1. The molecule has 6 nitrogen and oxygen atoms in total. The molecule has 0 aliphatic rings. The third-order valence-electron chi connectivity index (χ3n) is 3.13. The van der Waals surface area contributed by atoms with Gasteiger partial charge in [0.25, 0.3) is 5.91 Å². The Bertz CT molecular complexity index is 655. The first kappa shape index (κ1) is 15.2. The number of benzene rings is 1. The number of ether oxygens (including phenoxy) is 1. The van der Waals surface area contributed by atoms with Crippen LogP contribution < -0.4 is 16.6 Å². The number of anilines is 1. The number of hydrogen-bond acceptors (Lipinski definition) is 5. The third kappa shape index (κ3) is 3.29. The predicted molar refractivity (Wildman–Crippen MR) is 83.0 cm³/mol. The number of carbonyl (C=O) groups is 1. The number of amides is 1. The molecule has 1 aromatic carbocycles. The standard InChI is InChI=1S/C15H20N4O2/c1-15(2,9-21-3)18-14(20)12-8-17-13(19-16)11-7-5-4-6-10(11)12/h4-8H,9,16H2,1-3H3,(H,17,19)(H,18,20). The summed E-state index contributed by atoms with van der Waals surface area (Å²) >= 11 is 0. The molecule has 0 saturated carbocycles. The van der Waals surface area contributed by atoms with Crippen LogP contribution >= 0.6 is 0 Å². The summed E-state index contributed by atoms with van der Waals surface area (Å²) in [4.78, 5) is 16.7. The number of fused-ring (bicyclic) bond motifs is 1. The average Bonchev–Trinajstić information content (AvgIpc) is 2.45. The molecule has 0 saturated heterocycles. The van der Waals surface area contributed by atoms with E-state index in [1.165, 1.54) is 6.20 Å². The summed E-state index contributed by atoms with van der Waals surface area (Å²) in [6.07, 6.45) is 1.52. The fourth-order valence-corrected chi connectivity index (χ4v) is 2.26. The first-order valence-electron chi connectivity index (χ1n) is 6.64. The maximum atomic E-state index is 12.5. The van der Waals surface area contributed by atoms with Crippen LogP contribution in [0.15, 0.2) is 30.5 Å². The Labute approximate surface area is 123 Å². The van der Waals surface area contributed by atoms with Gasteiger partial charge in [-0.3, -0.25) is 4.79 Å². The van der Waals surface area contributed by atoms with Gasteiger partial charge in [0.05, 0.1) is 17.7 Å². The van der Waals surface area contributed by atoms with Crippen LogP contribution in [0.25, 0.3) is 10.8 Å². The van der Waals surface area contributed by atoms with Crippen molar-refractivity contribution in [2.75, 3.05) is 19.1 Å². The molecule has 0 radical (unpaired) electrons. The minimum Gasteiger partial charge on any atom is -0.382 e. The van der Waals surface area contributed by atoms with E-state index in [-0.39, 0.29) is 5.91 Å².